The Labute approximate surface area is 194 Å². The van der Waals surface area contributed by atoms with Crippen LogP contribution in [0.4, 0.5) is 5.69 Å². The van der Waals surface area contributed by atoms with Crippen LogP contribution < -0.4 is 10.7 Å². The van der Waals surface area contributed by atoms with Crippen LogP contribution in [0.2, 0.25) is 0 Å². The summed E-state index contributed by atoms with van der Waals surface area (Å²) in [6, 6.07) is 26.5. The van der Waals surface area contributed by atoms with Crippen LogP contribution in [0.3, 0.4) is 0 Å². The molecular weight excluding hydrogens is 410 g/mol. The van der Waals surface area contributed by atoms with Crippen LogP contribution in [0, 0.1) is 0 Å². The van der Waals surface area contributed by atoms with Crippen molar-refractivity contribution in [3.8, 4) is 0 Å². The Balaban J connectivity index is 1.71. The molecule has 0 spiro atoms. The van der Waals surface area contributed by atoms with Gasteiger partial charge in [-0.15, -0.1) is 0 Å². The highest BCUT2D eigenvalue weighted by atomic mass is 16.2. The standard InChI is InChI=1S/C28H27N3O2/c1-2-9-27(32)29-25-20-16-24(17-21-25)28(33)31-30-26(18-14-22-10-5-3-6-11-22)19-15-23-12-7-4-8-13-23/h3-8,10-21H,2,9H2,1H3,(H,29,32)(H,31,33). The molecular formula is C28H27N3O2. The number of anilines is 1. The van der Waals surface area contributed by atoms with E-state index in [1.807, 2.05) is 91.9 Å². The van der Waals surface area contributed by atoms with Crippen LogP contribution in [0.1, 0.15) is 41.3 Å². The van der Waals surface area contributed by atoms with Gasteiger partial charge < -0.3 is 5.32 Å². The largest absolute Gasteiger partial charge is 0.326 e. The lowest BCUT2D eigenvalue weighted by molar-refractivity contribution is -0.116. The van der Waals surface area contributed by atoms with Crippen molar-refractivity contribution in [2.75, 3.05) is 5.32 Å². The predicted molar refractivity (Wildman–Crippen MR) is 136 cm³/mol. The Morgan fingerprint density at radius 2 is 1.33 bits per heavy atom. The van der Waals surface area contributed by atoms with Crippen LogP contribution in [0.15, 0.2) is 102 Å². The van der Waals surface area contributed by atoms with Gasteiger partial charge >= 0.3 is 0 Å². The minimum atomic E-state index is -0.333. The molecule has 33 heavy (non-hydrogen) atoms. The average Bonchev–Trinajstić information content (AvgIpc) is 2.85. The molecule has 5 heteroatoms. The molecule has 0 radical (unpaired) electrons. The Morgan fingerprint density at radius 3 is 1.85 bits per heavy atom. The van der Waals surface area contributed by atoms with Gasteiger partial charge in [0.25, 0.3) is 5.91 Å². The molecule has 3 rings (SSSR count). The molecule has 0 aliphatic carbocycles. The van der Waals surface area contributed by atoms with E-state index in [-0.39, 0.29) is 11.8 Å². The quantitative estimate of drug-likeness (QED) is 0.321. The molecule has 0 aromatic heterocycles. The SMILES string of the molecule is CCCC(=O)Nc1ccc(C(=O)NN=C(C=Cc2ccccc2)C=Cc2ccccc2)cc1. The Bertz CT molecular complexity index is 1080. The first kappa shape index (κ1) is 23.4. The average molecular weight is 438 g/mol. The summed E-state index contributed by atoms with van der Waals surface area (Å²) in [5, 5.41) is 7.11. The van der Waals surface area contributed by atoms with E-state index in [9.17, 15) is 9.59 Å². The van der Waals surface area contributed by atoms with E-state index in [4.69, 9.17) is 0 Å². The van der Waals surface area contributed by atoms with Crippen molar-refractivity contribution in [1.29, 1.82) is 0 Å². The minimum absolute atomic E-state index is 0.0423. The fourth-order valence-corrected chi connectivity index (χ4v) is 2.96. The van der Waals surface area contributed by atoms with Gasteiger partial charge in [-0.3, -0.25) is 9.59 Å². The second kappa shape index (κ2) is 12.6. The van der Waals surface area contributed by atoms with Crippen LogP contribution in [-0.4, -0.2) is 17.5 Å². The summed E-state index contributed by atoms with van der Waals surface area (Å²) in [6.45, 7) is 1.95. The topological polar surface area (TPSA) is 70.6 Å². The number of benzene rings is 3. The third kappa shape index (κ3) is 8.07. The lowest BCUT2D eigenvalue weighted by Gasteiger charge is -2.06. The third-order valence-corrected chi connectivity index (χ3v) is 4.69. The fourth-order valence-electron chi connectivity index (χ4n) is 2.96. The zero-order valence-corrected chi connectivity index (χ0v) is 18.6. The molecule has 0 unspecified atom stereocenters. The summed E-state index contributed by atoms with van der Waals surface area (Å²) in [6.07, 6.45) is 8.82. The maximum Gasteiger partial charge on any atom is 0.271 e. The van der Waals surface area contributed by atoms with Crippen LogP contribution in [0.5, 0.6) is 0 Å². The maximum absolute atomic E-state index is 12.6. The first-order chi connectivity index (χ1) is 16.1. The molecule has 3 aromatic rings. The second-order valence-corrected chi connectivity index (χ2v) is 7.34. The first-order valence-electron chi connectivity index (χ1n) is 10.9. The summed E-state index contributed by atoms with van der Waals surface area (Å²) in [7, 11) is 0. The fraction of sp³-hybridized carbons (Fsp3) is 0.107. The normalized spacial score (nSPS) is 10.8. The Morgan fingerprint density at radius 1 is 0.788 bits per heavy atom. The summed E-state index contributed by atoms with van der Waals surface area (Å²) in [5.41, 5.74) is 6.38. The van der Waals surface area contributed by atoms with E-state index in [0.29, 0.717) is 23.4 Å². The number of hydrogen-bond donors (Lipinski definition) is 2. The van der Waals surface area contributed by atoms with E-state index in [1.54, 1.807) is 24.3 Å². The zero-order chi connectivity index (χ0) is 23.3. The lowest BCUT2D eigenvalue weighted by atomic mass is 10.1. The number of hydrazone groups is 1. The summed E-state index contributed by atoms with van der Waals surface area (Å²) < 4.78 is 0. The number of carbonyl (C=O) groups excluding carboxylic acids is 2. The molecule has 0 atom stereocenters. The van der Waals surface area contributed by atoms with Gasteiger partial charge in [-0.25, -0.2) is 5.43 Å². The van der Waals surface area contributed by atoms with Crippen molar-refractivity contribution in [2.45, 2.75) is 19.8 Å². The number of amides is 2. The van der Waals surface area contributed by atoms with Crippen molar-refractivity contribution in [3.63, 3.8) is 0 Å². The predicted octanol–water partition coefficient (Wildman–Crippen LogP) is 5.94. The van der Waals surface area contributed by atoms with E-state index in [1.165, 1.54) is 0 Å². The van der Waals surface area contributed by atoms with Gasteiger partial charge in [-0.1, -0.05) is 79.7 Å². The highest BCUT2D eigenvalue weighted by molar-refractivity contribution is 6.09. The van der Waals surface area contributed by atoms with Gasteiger partial charge in [-0.05, 0) is 54.0 Å². The molecule has 0 bridgehead atoms. The highest BCUT2D eigenvalue weighted by Gasteiger charge is 2.06. The van der Waals surface area contributed by atoms with E-state index in [2.05, 4.69) is 15.8 Å². The van der Waals surface area contributed by atoms with Crippen LogP contribution in [0.25, 0.3) is 12.2 Å². The van der Waals surface area contributed by atoms with Crippen LogP contribution in [-0.2, 0) is 4.79 Å². The highest BCUT2D eigenvalue weighted by Crippen LogP contribution is 2.11. The second-order valence-electron chi connectivity index (χ2n) is 7.34. The molecule has 0 aliphatic rings. The summed E-state index contributed by atoms with van der Waals surface area (Å²) in [4.78, 5) is 24.3. The number of allylic oxidation sites excluding steroid dienone is 2. The molecule has 3 aromatic carbocycles. The lowest BCUT2D eigenvalue weighted by Crippen LogP contribution is -2.19. The zero-order valence-electron chi connectivity index (χ0n) is 18.6. The van der Waals surface area contributed by atoms with E-state index < -0.39 is 0 Å². The monoisotopic (exact) mass is 437 g/mol. The van der Waals surface area contributed by atoms with Gasteiger partial charge in [0.1, 0.15) is 0 Å². The molecule has 0 aliphatic heterocycles. The van der Waals surface area contributed by atoms with Gasteiger partial charge in [0.15, 0.2) is 0 Å². The van der Waals surface area contributed by atoms with Crippen molar-refractivity contribution in [3.05, 3.63) is 114 Å². The van der Waals surface area contributed by atoms with E-state index in [0.717, 1.165) is 17.5 Å². The Hall–Kier alpha value is -4.25. The molecule has 2 amide bonds. The summed E-state index contributed by atoms with van der Waals surface area (Å²) in [5.74, 6) is -0.375. The van der Waals surface area contributed by atoms with E-state index >= 15 is 0 Å². The first-order valence-corrected chi connectivity index (χ1v) is 10.9. The minimum Gasteiger partial charge on any atom is -0.326 e. The molecule has 2 N–H and O–H groups in total. The number of rotatable bonds is 9. The summed E-state index contributed by atoms with van der Waals surface area (Å²) >= 11 is 0. The molecule has 0 saturated carbocycles. The smallest absolute Gasteiger partial charge is 0.271 e. The number of carbonyl (C=O) groups is 2. The maximum atomic E-state index is 12.6. The van der Waals surface area contributed by atoms with Gasteiger partial charge in [0.05, 0.1) is 5.71 Å². The van der Waals surface area contributed by atoms with Crippen LogP contribution >= 0.6 is 0 Å². The van der Waals surface area contributed by atoms with Crippen molar-refractivity contribution < 1.29 is 9.59 Å². The molecule has 0 saturated heterocycles. The van der Waals surface area contributed by atoms with Gasteiger partial charge in [0.2, 0.25) is 5.91 Å². The van der Waals surface area contributed by atoms with Gasteiger partial charge in [0, 0.05) is 17.7 Å². The Kier molecular flexibility index (Phi) is 8.92. The molecule has 5 nitrogen and oxygen atoms in total. The van der Waals surface area contributed by atoms with Crippen molar-refractivity contribution >= 4 is 35.4 Å². The van der Waals surface area contributed by atoms with Gasteiger partial charge in [-0.2, -0.15) is 5.10 Å². The van der Waals surface area contributed by atoms with Crippen molar-refractivity contribution in [2.24, 2.45) is 5.10 Å². The molecule has 166 valence electrons. The molecule has 0 fully saturated rings. The molecule has 0 heterocycles. The number of nitrogens with zero attached hydrogens (tertiary/aromatic N) is 1. The number of nitrogens with one attached hydrogen (secondary N) is 2. The van der Waals surface area contributed by atoms with Crippen molar-refractivity contribution in [1.82, 2.24) is 5.43 Å². The number of hydrogen-bond acceptors (Lipinski definition) is 3. The third-order valence-electron chi connectivity index (χ3n) is 4.69.